The molecule has 1 aliphatic heterocycles. The molecule has 2 N–H and O–H groups in total. The van der Waals surface area contributed by atoms with Gasteiger partial charge in [0.1, 0.15) is 5.75 Å². The normalized spacial score (nSPS) is 18.0. The quantitative estimate of drug-likeness (QED) is 0.347. The van der Waals surface area contributed by atoms with E-state index in [9.17, 15) is 13.2 Å². The van der Waals surface area contributed by atoms with Gasteiger partial charge < -0.3 is 15.4 Å². The van der Waals surface area contributed by atoms with Crippen LogP contribution in [-0.2, 0) is 6.54 Å². The van der Waals surface area contributed by atoms with Crippen LogP contribution in [0.15, 0.2) is 11.2 Å². The lowest BCUT2D eigenvalue weighted by Crippen LogP contribution is -2.45. The van der Waals surface area contributed by atoms with E-state index < -0.39 is 12.7 Å². The number of hydrogen-bond acceptors (Lipinski definition) is 4. The molecule has 2 heterocycles. The van der Waals surface area contributed by atoms with Crippen molar-refractivity contribution in [2.45, 2.75) is 46.0 Å². The summed E-state index contributed by atoms with van der Waals surface area (Å²) in [5.74, 6) is 1.38. The molecule has 1 unspecified atom stereocenters. The third-order valence-electron chi connectivity index (χ3n) is 4.50. The van der Waals surface area contributed by atoms with Crippen LogP contribution in [0.25, 0.3) is 0 Å². The van der Waals surface area contributed by atoms with Crippen LogP contribution >= 0.6 is 24.0 Å². The zero-order chi connectivity index (χ0) is 20.0. The summed E-state index contributed by atoms with van der Waals surface area (Å²) in [5.41, 5.74) is 2.71. The monoisotopic (exact) mass is 515 g/mol. The van der Waals surface area contributed by atoms with Gasteiger partial charge in [0.15, 0.2) is 5.96 Å². The highest BCUT2D eigenvalue weighted by atomic mass is 127. The molecule has 28 heavy (non-hydrogen) atoms. The maximum atomic E-state index is 12.5. The van der Waals surface area contributed by atoms with Crippen LogP contribution in [0.3, 0.4) is 0 Å². The molecule has 2 rings (SSSR count). The maximum absolute atomic E-state index is 12.5. The highest BCUT2D eigenvalue weighted by Gasteiger charge is 2.34. The Hall–Kier alpha value is -1.30. The third-order valence-corrected chi connectivity index (χ3v) is 4.50. The van der Waals surface area contributed by atoms with Gasteiger partial charge in [-0.05, 0) is 27.2 Å². The predicted octanol–water partition coefficient (Wildman–Crippen LogP) is 3.02. The van der Waals surface area contributed by atoms with Gasteiger partial charge in [0.05, 0.1) is 25.9 Å². The van der Waals surface area contributed by atoms with Crippen molar-refractivity contribution in [1.82, 2.24) is 20.5 Å². The van der Waals surface area contributed by atoms with Crippen molar-refractivity contribution in [1.29, 1.82) is 0 Å². The van der Waals surface area contributed by atoms with Gasteiger partial charge in [-0.3, -0.25) is 9.88 Å². The molecule has 1 atom stereocenters. The average molecular weight is 515 g/mol. The number of aryl methyl sites for hydroxylation is 1. The van der Waals surface area contributed by atoms with Crippen LogP contribution in [-0.4, -0.2) is 61.4 Å². The number of hydrogen-bond donors (Lipinski definition) is 2. The first-order valence-corrected chi connectivity index (χ1v) is 9.06. The predicted molar refractivity (Wildman–Crippen MR) is 115 cm³/mol. The van der Waals surface area contributed by atoms with Crippen molar-refractivity contribution in [2.24, 2.45) is 4.99 Å². The van der Waals surface area contributed by atoms with Gasteiger partial charge in [-0.15, -0.1) is 24.0 Å². The van der Waals surface area contributed by atoms with E-state index in [2.05, 4.69) is 20.6 Å². The first kappa shape index (κ1) is 24.7. The number of aliphatic imine (C=N–C) groups is 1. The highest BCUT2D eigenvalue weighted by Crippen LogP contribution is 2.24. The Balaban J connectivity index is 0.00000392. The molecule has 0 spiro atoms. The van der Waals surface area contributed by atoms with Crippen LogP contribution in [0.4, 0.5) is 13.2 Å². The molecule has 1 saturated heterocycles. The molecule has 1 aromatic heterocycles. The van der Waals surface area contributed by atoms with Gasteiger partial charge in [-0.25, -0.2) is 4.99 Å². The Morgan fingerprint density at radius 1 is 1.39 bits per heavy atom. The Bertz CT molecular complexity index is 669. The molecule has 1 fully saturated rings. The molecule has 0 aliphatic carbocycles. The van der Waals surface area contributed by atoms with Gasteiger partial charge >= 0.3 is 6.18 Å². The van der Waals surface area contributed by atoms with Crippen LogP contribution in [0, 0.1) is 13.8 Å². The molecule has 0 aromatic carbocycles. The Kier molecular flexibility index (Phi) is 9.75. The number of aromatic nitrogens is 1. The van der Waals surface area contributed by atoms with Crippen molar-refractivity contribution in [2.75, 3.05) is 33.3 Å². The van der Waals surface area contributed by atoms with E-state index in [-0.39, 0.29) is 30.0 Å². The first-order chi connectivity index (χ1) is 12.7. The number of halogens is 4. The van der Waals surface area contributed by atoms with Gasteiger partial charge in [-0.2, -0.15) is 13.2 Å². The number of methoxy groups -OCH3 is 1. The van der Waals surface area contributed by atoms with Gasteiger partial charge in [-0.1, -0.05) is 0 Å². The second-order valence-electron chi connectivity index (χ2n) is 6.72. The van der Waals surface area contributed by atoms with Gasteiger partial charge in [0.25, 0.3) is 0 Å². The minimum atomic E-state index is -4.17. The molecule has 0 saturated carbocycles. The number of guanidine groups is 1. The van der Waals surface area contributed by atoms with Crippen molar-refractivity contribution >= 4 is 29.9 Å². The fourth-order valence-corrected chi connectivity index (χ4v) is 3.25. The van der Waals surface area contributed by atoms with E-state index in [1.807, 2.05) is 20.8 Å². The Labute approximate surface area is 181 Å². The fourth-order valence-electron chi connectivity index (χ4n) is 3.25. The smallest absolute Gasteiger partial charge is 0.401 e. The summed E-state index contributed by atoms with van der Waals surface area (Å²) < 4.78 is 43.0. The number of pyridine rings is 1. The van der Waals surface area contributed by atoms with E-state index >= 15 is 0 Å². The molecule has 10 heteroatoms. The van der Waals surface area contributed by atoms with E-state index in [1.54, 1.807) is 13.3 Å². The lowest BCUT2D eigenvalue weighted by molar-refractivity contribution is -0.143. The average Bonchev–Trinajstić information content (AvgIpc) is 2.99. The van der Waals surface area contributed by atoms with Crippen molar-refractivity contribution in [3.05, 3.63) is 23.0 Å². The topological polar surface area (TPSA) is 61.8 Å². The molecule has 0 bridgehead atoms. The van der Waals surface area contributed by atoms with Crippen LogP contribution in [0.2, 0.25) is 0 Å². The van der Waals surface area contributed by atoms with Crippen molar-refractivity contribution in [3.8, 4) is 5.75 Å². The second kappa shape index (κ2) is 11.0. The van der Waals surface area contributed by atoms with E-state index in [0.29, 0.717) is 38.6 Å². The minimum Gasteiger partial charge on any atom is -0.496 e. The summed E-state index contributed by atoms with van der Waals surface area (Å²) in [5, 5.41) is 6.37. The SMILES string of the molecule is CCNC(=NCc1ncc(C)c(OC)c1C)NC1CCN(CC(F)(F)F)C1.I. The summed E-state index contributed by atoms with van der Waals surface area (Å²) in [6, 6.07) is -0.0632. The second-order valence-corrected chi connectivity index (χ2v) is 6.72. The number of ether oxygens (including phenoxy) is 1. The van der Waals surface area contributed by atoms with Crippen molar-refractivity contribution < 1.29 is 17.9 Å². The van der Waals surface area contributed by atoms with E-state index in [4.69, 9.17) is 4.74 Å². The standard InChI is InChI=1S/C18H28F3N5O.HI/c1-5-22-17(25-14-6-7-26(10-14)11-18(19,20)21)24-9-15-13(3)16(27-4)12(2)8-23-15;/h8,14H,5-7,9-11H2,1-4H3,(H2,22,24,25);1H. The number of nitrogens with one attached hydrogen (secondary N) is 2. The summed E-state index contributed by atoms with van der Waals surface area (Å²) in [6.45, 7) is 6.74. The molecular formula is C18H29F3IN5O. The highest BCUT2D eigenvalue weighted by molar-refractivity contribution is 14.0. The Morgan fingerprint density at radius 3 is 2.71 bits per heavy atom. The summed E-state index contributed by atoms with van der Waals surface area (Å²) >= 11 is 0. The molecule has 160 valence electrons. The number of alkyl halides is 3. The van der Waals surface area contributed by atoms with Gasteiger partial charge in [0.2, 0.25) is 0 Å². The van der Waals surface area contributed by atoms with E-state index in [1.165, 1.54) is 4.90 Å². The molecule has 1 aromatic rings. The zero-order valence-electron chi connectivity index (χ0n) is 16.7. The molecular weight excluding hydrogens is 486 g/mol. The third kappa shape index (κ3) is 7.26. The molecule has 1 aliphatic rings. The molecule has 0 radical (unpaired) electrons. The van der Waals surface area contributed by atoms with Crippen LogP contribution in [0.1, 0.15) is 30.2 Å². The lowest BCUT2D eigenvalue weighted by atomic mass is 10.1. The molecule has 0 amide bonds. The number of likely N-dealkylation sites (tertiary alicyclic amines) is 1. The largest absolute Gasteiger partial charge is 0.496 e. The summed E-state index contributed by atoms with van der Waals surface area (Å²) in [4.78, 5) is 10.4. The molecule has 6 nitrogen and oxygen atoms in total. The van der Waals surface area contributed by atoms with E-state index in [0.717, 1.165) is 22.6 Å². The van der Waals surface area contributed by atoms with Crippen molar-refractivity contribution in [3.63, 3.8) is 0 Å². The number of nitrogens with zero attached hydrogens (tertiary/aromatic N) is 3. The first-order valence-electron chi connectivity index (χ1n) is 9.06. The Morgan fingerprint density at radius 2 is 2.11 bits per heavy atom. The van der Waals surface area contributed by atoms with Crippen LogP contribution < -0.4 is 15.4 Å². The summed E-state index contributed by atoms with van der Waals surface area (Å²) in [6.07, 6.45) is -1.76. The summed E-state index contributed by atoms with van der Waals surface area (Å²) in [7, 11) is 1.63. The van der Waals surface area contributed by atoms with Crippen LogP contribution in [0.5, 0.6) is 5.75 Å². The fraction of sp³-hybridized carbons (Fsp3) is 0.667. The maximum Gasteiger partial charge on any atom is 0.401 e. The number of rotatable bonds is 6. The zero-order valence-corrected chi connectivity index (χ0v) is 19.0. The van der Waals surface area contributed by atoms with Gasteiger partial charge in [0, 0.05) is 43.0 Å². The lowest BCUT2D eigenvalue weighted by Gasteiger charge is -2.20. The minimum absolute atomic E-state index is 0.